The van der Waals surface area contributed by atoms with E-state index < -0.39 is 0 Å². The molecule has 0 aliphatic rings. The monoisotopic (exact) mass is 296 g/mol. The second-order valence-corrected chi connectivity index (χ2v) is 4.80. The number of pyridine rings is 1. The third-order valence-electron chi connectivity index (χ3n) is 3.16. The zero-order chi connectivity index (χ0) is 15.2. The Bertz CT molecular complexity index is 720. The van der Waals surface area contributed by atoms with Gasteiger partial charge >= 0.3 is 0 Å². The van der Waals surface area contributed by atoms with Crippen molar-refractivity contribution in [3.05, 3.63) is 72.2 Å². The number of rotatable bonds is 6. The van der Waals surface area contributed by atoms with Gasteiger partial charge in [0.1, 0.15) is 5.76 Å². The number of hydrogen-bond acceptors (Lipinski definition) is 4. The van der Waals surface area contributed by atoms with Gasteiger partial charge in [-0.25, -0.2) is 0 Å². The van der Waals surface area contributed by atoms with Crippen LogP contribution < -0.4 is 5.32 Å². The van der Waals surface area contributed by atoms with Crippen molar-refractivity contribution in [1.29, 1.82) is 0 Å². The molecule has 3 rings (SSSR count). The zero-order valence-electron chi connectivity index (χ0n) is 12.0. The Morgan fingerprint density at radius 1 is 1.18 bits per heavy atom. The maximum atomic E-state index is 12.0. The average Bonchev–Trinajstić information content (AvgIpc) is 3.21. The van der Waals surface area contributed by atoms with Gasteiger partial charge in [-0.3, -0.25) is 14.5 Å². The Morgan fingerprint density at radius 3 is 2.91 bits per heavy atom. The van der Waals surface area contributed by atoms with E-state index in [1.54, 1.807) is 29.2 Å². The molecule has 6 heteroatoms. The van der Waals surface area contributed by atoms with Gasteiger partial charge in [-0.1, -0.05) is 6.07 Å². The van der Waals surface area contributed by atoms with E-state index in [4.69, 9.17) is 4.42 Å². The zero-order valence-corrected chi connectivity index (χ0v) is 12.0. The lowest BCUT2D eigenvalue weighted by molar-refractivity contribution is 0.0924. The van der Waals surface area contributed by atoms with Gasteiger partial charge in [0.15, 0.2) is 5.76 Å². The number of hydrogen-bond donors (Lipinski definition) is 1. The summed E-state index contributed by atoms with van der Waals surface area (Å²) in [5.41, 5.74) is 0.946. The number of amides is 1. The van der Waals surface area contributed by atoms with E-state index in [2.05, 4.69) is 15.4 Å². The Kier molecular flexibility index (Phi) is 4.29. The maximum Gasteiger partial charge on any atom is 0.287 e. The maximum absolute atomic E-state index is 12.0. The fourth-order valence-electron chi connectivity index (χ4n) is 2.08. The summed E-state index contributed by atoms with van der Waals surface area (Å²) in [6.07, 6.45) is 5.97. The number of nitrogens with one attached hydrogen (secondary N) is 1. The molecule has 0 spiro atoms. The van der Waals surface area contributed by atoms with Crippen molar-refractivity contribution in [3.8, 4) is 0 Å². The molecule has 0 bridgehead atoms. The van der Waals surface area contributed by atoms with Crippen molar-refractivity contribution in [3.63, 3.8) is 0 Å². The molecule has 0 aliphatic carbocycles. The lowest BCUT2D eigenvalue weighted by Gasteiger charge is -2.03. The largest absolute Gasteiger partial charge is 0.454 e. The van der Waals surface area contributed by atoms with Crippen LogP contribution in [0.5, 0.6) is 0 Å². The number of nitrogens with zero attached hydrogens (tertiary/aromatic N) is 3. The summed E-state index contributed by atoms with van der Waals surface area (Å²) in [5.74, 6) is 0.782. The van der Waals surface area contributed by atoms with Gasteiger partial charge in [0.25, 0.3) is 5.91 Å². The molecular formula is C16H16N4O2. The lowest BCUT2D eigenvalue weighted by Crippen LogP contribution is -2.25. The van der Waals surface area contributed by atoms with Crippen LogP contribution in [0.3, 0.4) is 0 Å². The molecule has 1 N–H and O–H groups in total. The van der Waals surface area contributed by atoms with Gasteiger partial charge in [0, 0.05) is 37.3 Å². The van der Waals surface area contributed by atoms with Crippen molar-refractivity contribution < 1.29 is 9.21 Å². The van der Waals surface area contributed by atoms with E-state index in [-0.39, 0.29) is 5.91 Å². The molecule has 0 aliphatic heterocycles. The van der Waals surface area contributed by atoms with Crippen LogP contribution in [0.4, 0.5) is 0 Å². The first-order valence-corrected chi connectivity index (χ1v) is 7.05. The summed E-state index contributed by atoms with van der Waals surface area (Å²) in [5, 5.41) is 6.92. The molecule has 6 nitrogen and oxygen atoms in total. The van der Waals surface area contributed by atoms with Crippen LogP contribution in [0, 0.1) is 0 Å². The Balaban J connectivity index is 1.51. The van der Waals surface area contributed by atoms with Crippen LogP contribution in [-0.2, 0) is 13.0 Å². The van der Waals surface area contributed by atoms with Gasteiger partial charge in [0.05, 0.1) is 6.54 Å². The first kappa shape index (κ1) is 14.1. The van der Waals surface area contributed by atoms with Gasteiger partial charge in [-0.05, 0) is 30.3 Å². The third kappa shape index (κ3) is 3.60. The van der Waals surface area contributed by atoms with E-state index >= 15 is 0 Å². The number of carbonyl (C=O) groups is 1. The van der Waals surface area contributed by atoms with Gasteiger partial charge in [-0.15, -0.1) is 0 Å². The molecule has 1 amide bonds. The highest BCUT2D eigenvalue weighted by atomic mass is 16.4. The van der Waals surface area contributed by atoms with Crippen molar-refractivity contribution in [2.75, 3.05) is 6.54 Å². The molecule has 0 atom stereocenters. The van der Waals surface area contributed by atoms with Crippen LogP contribution >= 0.6 is 0 Å². The number of carbonyl (C=O) groups excluding carboxylic acids is 1. The quantitative estimate of drug-likeness (QED) is 0.754. The molecule has 112 valence electrons. The third-order valence-corrected chi connectivity index (χ3v) is 3.16. The molecule has 3 aromatic rings. The minimum Gasteiger partial charge on any atom is -0.454 e. The summed E-state index contributed by atoms with van der Waals surface area (Å²) in [6.45, 7) is 1.03. The molecule has 0 saturated carbocycles. The standard InChI is InChI=1S/C16H16N4O2/c21-16(18-10-7-13-4-1-2-8-17-13)15-6-5-14(22-15)12-20-11-3-9-19-20/h1-6,8-9,11H,7,10,12H2,(H,18,21). The van der Waals surface area contributed by atoms with Gasteiger partial charge < -0.3 is 9.73 Å². The summed E-state index contributed by atoms with van der Waals surface area (Å²) < 4.78 is 7.27. The number of aromatic nitrogens is 3. The molecule has 3 aromatic heterocycles. The Morgan fingerprint density at radius 2 is 2.14 bits per heavy atom. The Hall–Kier alpha value is -2.89. The van der Waals surface area contributed by atoms with Crippen LogP contribution in [0.15, 0.2) is 59.4 Å². The van der Waals surface area contributed by atoms with Crippen LogP contribution in [-0.4, -0.2) is 27.2 Å². The van der Waals surface area contributed by atoms with Crippen LogP contribution in [0.1, 0.15) is 22.0 Å². The van der Waals surface area contributed by atoms with Crippen molar-refractivity contribution >= 4 is 5.91 Å². The smallest absolute Gasteiger partial charge is 0.287 e. The van der Waals surface area contributed by atoms with Crippen LogP contribution in [0.25, 0.3) is 0 Å². The van der Waals surface area contributed by atoms with Gasteiger partial charge in [0.2, 0.25) is 0 Å². The van der Waals surface area contributed by atoms with E-state index in [9.17, 15) is 4.79 Å². The normalized spacial score (nSPS) is 10.5. The van der Waals surface area contributed by atoms with E-state index in [1.807, 2.05) is 30.5 Å². The summed E-state index contributed by atoms with van der Waals surface area (Å²) in [7, 11) is 0. The summed E-state index contributed by atoms with van der Waals surface area (Å²) >= 11 is 0. The van der Waals surface area contributed by atoms with Crippen molar-refractivity contribution in [1.82, 2.24) is 20.1 Å². The van der Waals surface area contributed by atoms with E-state index in [0.29, 0.717) is 31.0 Å². The van der Waals surface area contributed by atoms with Crippen LogP contribution in [0.2, 0.25) is 0 Å². The molecule has 0 radical (unpaired) electrons. The molecule has 0 fully saturated rings. The van der Waals surface area contributed by atoms with Crippen molar-refractivity contribution in [2.45, 2.75) is 13.0 Å². The molecule has 3 heterocycles. The van der Waals surface area contributed by atoms with Crippen molar-refractivity contribution in [2.24, 2.45) is 0 Å². The average molecular weight is 296 g/mol. The fourth-order valence-corrected chi connectivity index (χ4v) is 2.08. The highest BCUT2D eigenvalue weighted by Crippen LogP contribution is 2.09. The minimum atomic E-state index is -0.220. The highest BCUT2D eigenvalue weighted by Gasteiger charge is 2.11. The molecule has 22 heavy (non-hydrogen) atoms. The fraction of sp³-hybridized carbons (Fsp3) is 0.188. The predicted octanol–water partition coefficient (Wildman–Crippen LogP) is 1.89. The van der Waals surface area contributed by atoms with E-state index in [0.717, 1.165) is 5.69 Å². The molecular weight excluding hydrogens is 280 g/mol. The lowest BCUT2D eigenvalue weighted by atomic mass is 10.2. The Labute approximate surface area is 127 Å². The first-order chi connectivity index (χ1) is 10.8. The predicted molar refractivity (Wildman–Crippen MR) is 80.3 cm³/mol. The summed E-state index contributed by atoms with van der Waals surface area (Å²) in [6, 6.07) is 11.0. The molecule has 0 saturated heterocycles. The number of furan rings is 1. The second kappa shape index (κ2) is 6.71. The first-order valence-electron chi connectivity index (χ1n) is 7.05. The van der Waals surface area contributed by atoms with Gasteiger partial charge in [-0.2, -0.15) is 5.10 Å². The molecule has 0 aromatic carbocycles. The SMILES string of the molecule is O=C(NCCc1ccccn1)c1ccc(Cn2cccn2)o1. The second-order valence-electron chi connectivity index (χ2n) is 4.80. The minimum absolute atomic E-state index is 0.220. The topological polar surface area (TPSA) is 73.0 Å². The summed E-state index contributed by atoms with van der Waals surface area (Å²) in [4.78, 5) is 16.2. The highest BCUT2D eigenvalue weighted by molar-refractivity contribution is 5.91. The van der Waals surface area contributed by atoms with E-state index in [1.165, 1.54) is 0 Å². The molecule has 0 unspecified atom stereocenters.